The average Bonchev–Trinajstić information content (AvgIpc) is 0.836. The molecule has 1 fully saturated rings. The number of ether oxygens (including phenoxy) is 2. The van der Waals surface area contributed by atoms with E-state index in [0.717, 1.165) is 83.5 Å². The lowest BCUT2D eigenvalue weighted by Crippen LogP contribution is -2.60. The summed E-state index contributed by atoms with van der Waals surface area (Å²) in [4.78, 5) is 13.2. The second-order valence-corrected chi connectivity index (χ2v) is 27.8. The molecule has 1 aliphatic rings. The molecule has 1 saturated heterocycles. The highest BCUT2D eigenvalue weighted by molar-refractivity contribution is 5.76. The number of hydrogen-bond donors (Lipinski definition) is 6. The van der Waals surface area contributed by atoms with Crippen molar-refractivity contribution in [2.75, 3.05) is 13.2 Å². The van der Waals surface area contributed by atoms with E-state index in [1.165, 1.54) is 270 Å². The fourth-order valence-electron chi connectivity index (χ4n) is 12.6. The lowest BCUT2D eigenvalue weighted by molar-refractivity contribution is -0.302. The van der Waals surface area contributed by atoms with Crippen LogP contribution in [0.4, 0.5) is 0 Å². The van der Waals surface area contributed by atoms with Crippen LogP contribution in [0.5, 0.6) is 0 Å². The third-order valence-electron chi connectivity index (χ3n) is 18.8. The van der Waals surface area contributed by atoms with Gasteiger partial charge >= 0.3 is 0 Å². The summed E-state index contributed by atoms with van der Waals surface area (Å²) in [5, 5.41) is 54.9. The molecule has 7 unspecified atom stereocenters. The van der Waals surface area contributed by atoms with Crippen molar-refractivity contribution in [1.82, 2.24) is 5.32 Å². The summed E-state index contributed by atoms with van der Waals surface area (Å²) < 4.78 is 11.3. The minimum atomic E-state index is -1.58. The third-order valence-corrected chi connectivity index (χ3v) is 18.8. The molecule has 1 heterocycles. The van der Waals surface area contributed by atoms with E-state index in [1.54, 1.807) is 6.08 Å². The van der Waals surface area contributed by atoms with Gasteiger partial charge in [0, 0.05) is 6.42 Å². The Kier molecular flexibility index (Phi) is 69.6. The predicted molar refractivity (Wildman–Crippen MR) is 410 cm³/mol. The van der Waals surface area contributed by atoms with E-state index in [0.29, 0.717) is 6.42 Å². The summed E-state index contributed by atoms with van der Waals surface area (Å²) in [5.41, 5.74) is 0. The van der Waals surface area contributed by atoms with Crippen LogP contribution < -0.4 is 5.32 Å². The highest BCUT2D eigenvalue weighted by Crippen LogP contribution is 2.24. The quantitative estimate of drug-likeness (QED) is 0.0261. The molecular formula is C86H153NO8. The lowest BCUT2D eigenvalue weighted by atomic mass is 9.99. The Morgan fingerprint density at radius 3 is 1.01 bits per heavy atom. The lowest BCUT2D eigenvalue weighted by Gasteiger charge is -2.40. The summed E-state index contributed by atoms with van der Waals surface area (Å²) in [7, 11) is 0. The number of hydrogen-bond acceptors (Lipinski definition) is 8. The number of allylic oxidation sites excluding steroid dienone is 17. The molecule has 0 aliphatic carbocycles. The second-order valence-electron chi connectivity index (χ2n) is 27.8. The summed E-state index contributed by atoms with van der Waals surface area (Å²) in [6.45, 7) is 3.69. The van der Waals surface area contributed by atoms with Crippen molar-refractivity contribution in [3.8, 4) is 0 Å². The van der Waals surface area contributed by atoms with E-state index < -0.39 is 49.5 Å². The van der Waals surface area contributed by atoms with Crippen LogP contribution >= 0.6 is 0 Å². The van der Waals surface area contributed by atoms with E-state index in [9.17, 15) is 30.3 Å². The van der Waals surface area contributed by atoms with Crippen molar-refractivity contribution in [3.63, 3.8) is 0 Å². The van der Waals surface area contributed by atoms with Crippen LogP contribution in [0.15, 0.2) is 109 Å². The van der Waals surface area contributed by atoms with E-state index in [1.807, 2.05) is 6.08 Å². The Morgan fingerprint density at radius 2 is 0.663 bits per heavy atom. The van der Waals surface area contributed by atoms with Gasteiger partial charge in [0.1, 0.15) is 24.4 Å². The molecule has 1 aliphatic heterocycles. The van der Waals surface area contributed by atoms with Crippen molar-refractivity contribution >= 4 is 5.91 Å². The van der Waals surface area contributed by atoms with Gasteiger partial charge in [0.05, 0.1) is 25.4 Å². The summed E-state index contributed by atoms with van der Waals surface area (Å²) in [6, 6.07) is -0.834. The van der Waals surface area contributed by atoms with Crippen LogP contribution in [-0.2, 0) is 14.3 Å². The molecule has 7 atom stereocenters. The fourth-order valence-corrected chi connectivity index (χ4v) is 12.6. The predicted octanol–water partition coefficient (Wildman–Crippen LogP) is 23.5. The maximum atomic E-state index is 13.2. The Hall–Kier alpha value is -3.15. The monoisotopic (exact) mass is 1330 g/mol. The number of nitrogens with one attached hydrogen (secondary N) is 1. The van der Waals surface area contributed by atoms with Gasteiger partial charge in [0.25, 0.3) is 0 Å². The number of carbonyl (C=O) groups excluding carboxylic acids is 1. The van der Waals surface area contributed by atoms with Gasteiger partial charge in [0.2, 0.25) is 5.91 Å². The molecule has 0 aromatic heterocycles. The minimum Gasteiger partial charge on any atom is -0.394 e. The first-order valence-electron chi connectivity index (χ1n) is 40.6. The largest absolute Gasteiger partial charge is 0.394 e. The zero-order chi connectivity index (χ0) is 68.5. The normalized spacial score (nSPS) is 18.1. The van der Waals surface area contributed by atoms with Crippen molar-refractivity contribution in [1.29, 1.82) is 0 Å². The Labute approximate surface area is 586 Å². The minimum absolute atomic E-state index is 0.187. The zero-order valence-corrected chi connectivity index (χ0v) is 61.9. The maximum absolute atomic E-state index is 13.2. The molecular weight excluding hydrogens is 1170 g/mol. The van der Waals surface area contributed by atoms with Crippen molar-refractivity contribution in [2.45, 2.75) is 416 Å². The van der Waals surface area contributed by atoms with Gasteiger partial charge in [-0.1, -0.05) is 380 Å². The topological polar surface area (TPSA) is 149 Å². The summed E-state index contributed by atoms with van der Waals surface area (Å²) in [6.07, 6.45) is 102. The molecule has 9 nitrogen and oxygen atoms in total. The van der Waals surface area contributed by atoms with Crippen LogP contribution in [0.3, 0.4) is 0 Å². The molecule has 9 heteroatoms. The maximum Gasteiger partial charge on any atom is 0.220 e. The molecule has 0 saturated carbocycles. The number of unbranched alkanes of at least 4 members (excludes halogenated alkanes) is 45. The highest BCUT2D eigenvalue weighted by atomic mass is 16.7. The van der Waals surface area contributed by atoms with Crippen molar-refractivity contribution in [3.05, 3.63) is 109 Å². The Bertz CT molecular complexity index is 1880. The van der Waals surface area contributed by atoms with Crippen molar-refractivity contribution < 1.29 is 39.8 Å². The molecule has 0 radical (unpaired) electrons. The van der Waals surface area contributed by atoms with Crippen LogP contribution in [0.1, 0.15) is 373 Å². The standard InChI is InChI=1S/C86H153NO8/c1-3-5-7-9-11-13-15-17-19-21-23-25-27-29-31-33-35-36-37-38-39-40-41-42-43-44-46-48-50-52-54-56-58-60-62-64-66-68-70-72-74-76-82(90)87-79(78-94-86-85(93)84(92)83(91)81(77-88)95-86)80(89)75-73-71-69-67-65-63-61-59-57-55-53-51-49-47-45-34-32-30-28-26-24-22-20-18-16-14-12-10-8-6-4-2/h5,7,11,13,17,19,23,25,29,31,35-36,57,59,65,67,73,75,79-81,83-86,88-89,91-93H,3-4,6,8-10,12,14-16,18,20-22,24,26-28,30,32-34,37-56,58,60-64,66,68-72,74,76-78H2,1-2H3,(H,87,90)/b7-5-,13-11-,19-17-,25-23-,31-29-,36-35-,59-57+,67-65+,75-73+. The first-order valence-corrected chi connectivity index (χ1v) is 40.6. The molecule has 0 aromatic carbocycles. The molecule has 6 N–H and O–H groups in total. The summed E-state index contributed by atoms with van der Waals surface area (Å²) in [5.74, 6) is -0.187. The third kappa shape index (κ3) is 61.7. The van der Waals surface area contributed by atoms with E-state index in [-0.39, 0.29) is 12.5 Å². The first kappa shape index (κ1) is 89.9. The van der Waals surface area contributed by atoms with Crippen LogP contribution in [0.2, 0.25) is 0 Å². The van der Waals surface area contributed by atoms with E-state index in [2.05, 4.69) is 116 Å². The number of amides is 1. The van der Waals surface area contributed by atoms with Crippen LogP contribution in [0, 0.1) is 0 Å². The van der Waals surface area contributed by atoms with Crippen LogP contribution in [0.25, 0.3) is 0 Å². The molecule has 1 rings (SSSR count). The van der Waals surface area contributed by atoms with Gasteiger partial charge in [-0.3, -0.25) is 4.79 Å². The van der Waals surface area contributed by atoms with E-state index in [4.69, 9.17) is 9.47 Å². The zero-order valence-electron chi connectivity index (χ0n) is 61.9. The van der Waals surface area contributed by atoms with Gasteiger partial charge in [-0.05, 0) is 96.3 Å². The van der Waals surface area contributed by atoms with Crippen molar-refractivity contribution in [2.24, 2.45) is 0 Å². The number of rotatable bonds is 71. The molecule has 1 amide bonds. The molecule has 0 aromatic rings. The Morgan fingerprint density at radius 1 is 0.368 bits per heavy atom. The van der Waals surface area contributed by atoms with Gasteiger partial charge in [-0.15, -0.1) is 0 Å². The number of aliphatic hydroxyl groups is 5. The average molecular weight is 1330 g/mol. The molecule has 95 heavy (non-hydrogen) atoms. The fraction of sp³-hybridized carbons (Fsp3) is 0.779. The summed E-state index contributed by atoms with van der Waals surface area (Å²) >= 11 is 0. The second kappa shape index (κ2) is 73.6. The SMILES string of the molecule is CC/C=C\C/C=C\C/C=C\C/C=C\C/C=C\C/C=C\CCCCCCCCCCCCCCCCCCCCCCCCC(=O)NC(COC1OC(CO)C(O)C(O)C1O)C(O)/C=C/CC/C=C/CC/C=C/CCCCCCCCCCCCCCCCCCCCCCC. The van der Waals surface area contributed by atoms with Gasteiger partial charge in [0.15, 0.2) is 6.29 Å². The smallest absolute Gasteiger partial charge is 0.220 e. The van der Waals surface area contributed by atoms with Gasteiger partial charge in [-0.25, -0.2) is 0 Å². The van der Waals surface area contributed by atoms with Crippen LogP contribution in [-0.4, -0.2) is 87.5 Å². The highest BCUT2D eigenvalue weighted by Gasteiger charge is 2.44. The molecule has 0 bridgehead atoms. The van der Waals surface area contributed by atoms with Gasteiger partial charge in [-0.2, -0.15) is 0 Å². The Balaban J connectivity index is 2.08. The van der Waals surface area contributed by atoms with Gasteiger partial charge < -0.3 is 40.3 Å². The number of carbonyl (C=O) groups is 1. The molecule has 0 spiro atoms. The number of aliphatic hydroxyl groups excluding tert-OH is 5. The van der Waals surface area contributed by atoms with E-state index >= 15 is 0 Å². The molecule has 550 valence electrons. The first-order chi connectivity index (χ1) is 46.8.